The van der Waals surface area contributed by atoms with Gasteiger partial charge in [-0.3, -0.25) is 4.99 Å². The van der Waals surface area contributed by atoms with E-state index in [0.717, 1.165) is 29.3 Å². The van der Waals surface area contributed by atoms with Gasteiger partial charge in [0.1, 0.15) is 5.84 Å². The van der Waals surface area contributed by atoms with Crippen molar-refractivity contribution in [2.75, 3.05) is 29.5 Å². The van der Waals surface area contributed by atoms with Crippen LogP contribution in [-0.2, 0) is 16.6 Å². The molecule has 30 heavy (non-hydrogen) atoms. The van der Waals surface area contributed by atoms with E-state index in [9.17, 15) is 8.42 Å². The molecule has 0 aliphatic carbocycles. The number of benzene rings is 1. The lowest BCUT2D eigenvalue weighted by Crippen LogP contribution is -2.59. The fourth-order valence-corrected chi connectivity index (χ4v) is 5.71. The summed E-state index contributed by atoms with van der Waals surface area (Å²) in [6, 6.07) is 14.0. The molecular weight excluding hydrogens is 398 g/mol. The van der Waals surface area contributed by atoms with Gasteiger partial charge in [0.2, 0.25) is 10.0 Å². The normalized spacial score (nSPS) is 19.8. The maximum absolute atomic E-state index is 12.7. The first kappa shape index (κ1) is 20.8. The van der Waals surface area contributed by atoms with Crippen LogP contribution in [0.4, 0.5) is 11.5 Å². The van der Waals surface area contributed by atoms with E-state index < -0.39 is 15.6 Å². The summed E-state index contributed by atoms with van der Waals surface area (Å²) in [7, 11) is -3.20. The number of hydrogen-bond donors (Lipinski definition) is 2. The number of fused-ring (bicyclic) bond motifs is 1. The first-order chi connectivity index (χ1) is 14.5. The molecule has 2 aromatic rings. The van der Waals surface area contributed by atoms with Gasteiger partial charge in [0.15, 0.2) is 5.82 Å². The second-order valence-electron chi connectivity index (χ2n) is 7.95. The van der Waals surface area contributed by atoms with E-state index in [1.54, 1.807) is 10.5 Å². The van der Waals surface area contributed by atoms with Crippen LogP contribution in [0, 0.1) is 0 Å². The fraction of sp³-hybridized carbons (Fsp3) is 0.455. The number of rotatable bonds is 6. The third kappa shape index (κ3) is 4.34. The van der Waals surface area contributed by atoms with Crippen LogP contribution in [0.15, 0.2) is 53.7 Å². The standard InChI is InChI=1S/C22H29N5O2S/c1-2-3-16-30(28,29)27-14-11-22(12-15-27)21(24-17-18-8-5-4-6-9-18)25-20-19(26-22)10-7-13-23-20/h4-10,13,26H,2-3,11-12,14-17H2,1H3,(H,23,24,25). The van der Waals surface area contributed by atoms with Crippen LogP contribution in [0.2, 0.25) is 0 Å². The summed E-state index contributed by atoms with van der Waals surface area (Å²) in [5.41, 5.74) is 1.65. The number of anilines is 2. The highest BCUT2D eigenvalue weighted by Crippen LogP contribution is 2.36. The Morgan fingerprint density at radius 1 is 1.13 bits per heavy atom. The molecule has 0 radical (unpaired) electrons. The van der Waals surface area contributed by atoms with E-state index in [1.807, 2.05) is 37.3 Å². The van der Waals surface area contributed by atoms with E-state index in [4.69, 9.17) is 4.99 Å². The van der Waals surface area contributed by atoms with Crippen LogP contribution in [0.3, 0.4) is 0 Å². The minimum absolute atomic E-state index is 0.226. The first-order valence-corrected chi connectivity index (χ1v) is 12.2. The molecular formula is C22H29N5O2S. The average Bonchev–Trinajstić information content (AvgIpc) is 2.77. The second-order valence-corrected chi connectivity index (χ2v) is 10.0. The highest BCUT2D eigenvalue weighted by molar-refractivity contribution is 7.89. The molecule has 1 aromatic carbocycles. The van der Waals surface area contributed by atoms with Gasteiger partial charge in [-0.1, -0.05) is 43.7 Å². The summed E-state index contributed by atoms with van der Waals surface area (Å²) in [4.78, 5) is 9.33. The maximum Gasteiger partial charge on any atom is 0.214 e. The third-order valence-corrected chi connectivity index (χ3v) is 7.82. The Bertz CT molecular complexity index is 999. The Morgan fingerprint density at radius 2 is 1.90 bits per heavy atom. The number of aromatic nitrogens is 1. The predicted octanol–water partition coefficient (Wildman–Crippen LogP) is 3.48. The number of nitrogens with zero attached hydrogens (tertiary/aromatic N) is 3. The number of piperidine rings is 1. The molecule has 0 amide bonds. The highest BCUT2D eigenvalue weighted by atomic mass is 32.2. The van der Waals surface area contributed by atoms with Crippen molar-refractivity contribution in [3.63, 3.8) is 0 Å². The maximum atomic E-state index is 12.7. The Morgan fingerprint density at radius 3 is 2.63 bits per heavy atom. The van der Waals surface area contributed by atoms with E-state index >= 15 is 0 Å². The average molecular weight is 428 g/mol. The summed E-state index contributed by atoms with van der Waals surface area (Å²) in [5, 5.41) is 7.06. The summed E-state index contributed by atoms with van der Waals surface area (Å²) >= 11 is 0. The lowest BCUT2D eigenvalue weighted by molar-refractivity contribution is 0.299. The smallest absolute Gasteiger partial charge is 0.214 e. The molecule has 3 heterocycles. The van der Waals surface area contributed by atoms with Crippen molar-refractivity contribution in [1.82, 2.24) is 9.29 Å². The van der Waals surface area contributed by atoms with Gasteiger partial charge in [0.25, 0.3) is 0 Å². The molecule has 8 heteroatoms. The van der Waals surface area contributed by atoms with Gasteiger partial charge in [-0.2, -0.15) is 0 Å². The van der Waals surface area contributed by atoms with Gasteiger partial charge in [-0.15, -0.1) is 0 Å². The number of nitrogens with one attached hydrogen (secondary N) is 2. The van der Waals surface area contributed by atoms with E-state index in [1.165, 1.54) is 0 Å². The molecule has 1 fully saturated rings. The molecule has 1 spiro atoms. The van der Waals surface area contributed by atoms with Crippen LogP contribution in [0.1, 0.15) is 38.2 Å². The van der Waals surface area contributed by atoms with Crippen molar-refractivity contribution in [1.29, 1.82) is 0 Å². The lowest BCUT2D eigenvalue weighted by Gasteiger charge is -2.45. The SMILES string of the molecule is CCCCS(=O)(=O)N1CCC2(CC1)Nc1cccnc1NC2=NCc1ccccc1. The molecule has 2 aliphatic heterocycles. The molecule has 2 N–H and O–H groups in total. The van der Waals surface area contributed by atoms with Crippen LogP contribution in [0.25, 0.3) is 0 Å². The molecule has 7 nitrogen and oxygen atoms in total. The van der Waals surface area contributed by atoms with Crippen molar-refractivity contribution >= 4 is 27.4 Å². The zero-order valence-electron chi connectivity index (χ0n) is 17.3. The zero-order valence-corrected chi connectivity index (χ0v) is 18.2. The molecule has 0 atom stereocenters. The summed E-state index contributed by atoms with van der Waals surface area (Å²) in [5.74, 6) is 1.82. The lowest BCUT2D eigenvalue weighted by atomic mass is 9.85. The Balaban J connectivity index is 1.58. The van der Waals surface area contributed by atoms with Crippen LogP contribution >= 0.6 is 0 Å². The predicted molar refractivity (Wildman–Crippen MR) is 121 cm³/mol. The highest BCUT2D eigenvalue weighted by Gasteiger charge is 2.44. The van der Waals surface area contributed by atoms with Gasteiger partial charge in [0.05, 0.1) is 23.5 Å². The number of hydrogen-bond acceptors (Lipinski definition) is 5. The number of unbranched alkanes of at least 4 members (excludes halogenated alkanes) is 1. The van der Waals surface area contributed by atoms with Gasteiger partial charge >= 0.3 is 0 Å². The van der Waals surface area contributed by atoms with Crippen molar-refractivity contribution < 1.29 is 8.42 Å². The topological polar surface area (TPSA) is 86.7 Å². The van der Waals surface area contributed by atoms with Crippen LogP contribution in [0.5, 0.6) is 0 Å². The quantitative estimate of drug-likeness (QED) is 0.737. The zero-order chi connectivity index (χ0) is 21.0. The Labute approximate surface area is 178 Å². The number of pyridine rings is 1. The van der Waals surface area contributed by atoms with E-state index in [2.05, 4.69) is 27.8 Å². The fourth-order valence-electron chi connectivity index (χ4n) is 4.06. The van der Waals surface area contributed by atoms with Crippen molar-refractivity contribution in [2.24, 2.45) is 4.99 Å². The third-order valence-electron chi connectivity index (χ3n) is 5.86. The minimum Gasteiger partial charge on any atom is -0.370 e. The van der Waals surface area contributed by atoms with Gasteiger partial charge < -0.3 is 10.6 Å². The summed E-state index contributed by atoms with van der Waals surface area (Å²) < 4.78 is 27.0. The molecule has 160 valence electrons. The van der Waals surface area contributed by atoms with E-state index in [0.29, 0.717) is 38.9 Å². The minimum atomic E-state index is -3.20. The molecule has 4 rings (SSSR count). The van der Waals surface area contributed by atoms with Crippen molar-refractivity contribution in [2.45, 2.75) is 44.7 Å². The molecule has 1 saturated heterocycles. The molecule has 2 aliphatic rings. The van der Waals surface area contributed by atoms with Crippen molar-refractivity contribution in [3.05, 3.63) is 54.2 Å². The number of amidine groups is 1. The molecule has 0 bridgehead atoms. The first-order valence-electron chi connectivity index (χ1n) is 10.6. The number of sulfonamides is 1. The van der Waals surface area contributed by atoms with Crippen LogP contribution in [-0.4, -0.2) is 47.9 Å². The number of aliphatic imine (C=N–C) groups is 1. The van der Waals surface area contributed by atoms with Crippen molar-refractivity contribution in [3.8, 4) is 0 Å². The molecule has 1 aromatic heterocycles. The molecule has 0 unspecified atom stereocenters. The van der Waals surface area contributed by atoms with Gasteiger partial charge in [0, 0.05) is 19.3 Å². The monoisotopic (exact) mass is 427 g/mol. The summed E-state index contributed by atoms with van der Waals surface area (Å²) in [6.07, 6.45) is 4.65. The Hall–Kier alpha value is -2.45. The second kappa shape index (κ2) is 8.73. The Kier molecular flexibility index (Phi) is 6.06. The van der Waals surface area contributed by atoms with Gasteiger partial charge in [-0.25, -0.2) is 17.7 Å². The largest absolute Gasteiger partial charge is 0.370 e. The molecule has 0 saturated carbocycles. The van der Waals surface area contributed by atoms with Gasteiger partial charge in [-0.05, 0) is 37.0 Å². The summed E-state index contributed by atoms with van der Waals surface area (Å²) in [6.45, 7) is 3.55. The van der Waals surface area contributed by atoms with E-state index in [-0.39, 0.29) is 5.75 Å². The van der Waals surface area contributed by atoms with Crippen LogP contribution < -0.4 is 10.6 Å².